The van der Waals surface area contributed by atoms with E-state index in [0.717, 1.165) is 18.4 Å². The minimum atomic E-state index is -0.434. The van der Waals surface area contributed by atoms with Crippen LogP contribution in [0.1, 0.15) is 49.3 Å². The lowest BCUT2D eigenvalue weighted by Crippen LogP contribution is -2.34. The third-order valence-corrected chi connectivity index (χ3v) is 5.04. The van der Waals surface area contributed by atoms with Gasteiger partial charge < -0.3 is 10.8 Å². The number of aliphatic hydroxyl groups is 1. The van der Waals surface area contributed by atoms with Crippen molar-refractivity contribution in [2.75, 3.05) is 0 Å². The van der Waals surface area contributed by atoms with Gasteiger partial charge in [-0.1, -0.05) is 55.7 Å². The van der Waals surface area contributed by atoms with E-state index in [0.29, 0.717) is 5.92 Å². The smallest absolute Gasteiger partial charge is 0.0761 e. The fraction of sp³-hybridized carbons (Fsp3) is 0.474. The van der Waals surface area contributed by atoms with Gasteiger partial charge in [-0.2, -0.15) is 0 Å². The second-order valence-corrected chi connectivity index (χ2v) is 6.43. The van der Waals surface area contributed by atoms with Crippen molar-refractivity contribution in [3.63, 3.8) is 0 Å². The van der Waals surface area contributed by atoms with E-state index in [2.05, 4.69) is 37.3 Å². The maximum absolute atomic E-state index is 10.7. The predicted octanol–water partition coefficient (Wildman–Crippen LogP) is 4.09. The molecule has 1 aliphatic carbocycles. The highest BCUT2D eigenvalue weighted by Crippen LogP contribution is 2.34. The van der Waals surface area contributed by atoms with Gasteiger partial charge in [-0.3, -0.25) is 0 Å². The molecule has 3 rings (SSSR count). The number of aryl methyl sites for hydroxylation is 1. The van der Waals surface area contributed by atoms with Crippen LogP contribution in [0.3, 0.4) is 0 Å². The van der Waals surface area contributed by atoms with Crippen molar-refractivity contribution < 1.29 is 5.11 Å². The molecule has 0 radical (unpaired) electrons. The maximum Gasteiger partial charge on any atom is 0.0761 e. The second-order valence-electron chi connectivity index (χ2n) is 6.43. The molecule has 112 valence electrons. The summed E-state index contributed by atoms with van der Waals surface area (Å²) >= 11 is 0. The normalized spacial score (nSPS) is 19.6. The number of aliphatic hydroxyl groups excluding tert-OH is 1. The lowest BCUT2D eigenvalue weighted by molar-refractivity contribution is 0.0622. The molecular formula is C19H25NO. The molecule has 0 amide bonds. The number of hydrogen-bond acceptors (Lipinski definition) is 2. The monoisotopic (exact) mass is 283 g/mol. The van der Waals surface area contributed by atoms with E-state index in [1.54, 1.807) is 0 Å². The summed E-state index contributed by atoms with van der Waals surface area (Å²) in [6.45, 7) is 2.12. The maximum atomic E-state index is 10.7. The summed E-state index contributed by atoms with van der Waals surface area (Å²) in [5, 5.41) is 13.1. The Hall–Kier alpha value is -1.38. The zero-order valence-electron chi connectivity index (χ0n) is 12.8. The van der Waals surface area contributed by atoms with Crippen LogP contribution in [0.4, 0.5) is 0 Å². The molecular weight excluding hydrogens is 258 g/mol. The molecule has 0 spiro atoms. The standard InChI is InChI=1S/C19H25NO/c1-13-11-12-17(16-10-6-5-9-15(13)16)18(20)19(21)14-7-3-2-4-8-14/h5-6,9-12,14,18-19,21H,2-4,7-8,20H2,1H3/t18-,19+/m1/s1. The number of hydrogen-bond donors (Lipinski definition) is 2. The summed E-state index contributed by atoms with van der Waals surface area (Å²) in [5.41, 5.74) is 8.77. The van der Waals surface area contributed by atoms with Crippen LogP contribution < -0.4 is 5.73 Å². The molecule has 2 aromatic rings. The molecule has 2 heteroatoms. The summed E-state index contributed by atoms with van der Waals surface area (Å²) < 4.78 is 0. The summed E-state index contributed by atoms with van der Waals surface area (Å²) in [6, 6.07) is 12.3. The van der Waals surface area contributed by atoms with Gasteiger partial charge in [0, 0.05) is 0 Å². The summed E-state index contributed by atoms with van der Waals surface area (Å²) in [4.78, 5) is 0. The van der Waals surface area contributed by atoms with Gasteiger partial charge in [-0.25, -0.2) is 0 Å². The third-order valence-electron chi connectivity index (χ3n) is 5.04. The van der Waals surface area contributed by atoms with E-state index in [-0.39, 0.29) is 6.04 Å². The van der Waals surface area contributed by atoms with Gasteiger partial charge in [0.05, 0.1) is 12.1 Å². The van der Waals surface area contributed by atoms with Crippen molar-refractivity contribution in [1.29, 1.82) is 0 Å². The minimum Gasteiger partial charge on any atom is -0.391 e. The zero-order chi connectivity index (χ0) is 14.8. The van der Waals surface area contributed by atoms with Gasteiger partial charge in [0.1, 0.15) is 0 Å². The van der Waals surface area contributed by atoms with Crippen molar-refractivity contribution >= 4 is 10.8 Å². The van der Waals surface area contributed by atoms with E-state index >= 15 is 0 Å². The highest BCUT2D eigenvalue weighted by atomic mass is 16.3. The first kappa shape index (κ1) is 14.6. The first-order chi connectivity index (χ1) is 10.2. The quantitative estimate of drug-likeness (QED) is 0.891. The third kappa shape index (κ3) is 2.83. The number of fused-ring (bicyclic) bond motifs is 1. The molecule has 0 heterocycles. The van der Waals surface area contributed by atoms with E-state index in [1.165, 1.54) is 35.6 Å². The molecule has 0 unspecified atom stereocenters. The van der Waals surface area contributed by atoms with Gasteiger partial charge in [-0.05, 0) is 47.6 Å². The lowest BCUT2D eigenvalue weighted by atomic mass is 9.80. The molecule has 1 aliphatic rings. The first-order valence-corrected chi connectivity index (χ1v) is 8.10. The van der Waals surface area contributed by atoms with Gasteiger partial charge in [0.15, 0.2) is 0 Å². The molecule has 1 fully saturated rings. The number of nitrogens with two attached hydrogens (primary N) is 1. The van der Waals surface area contributed by atoms with Crippen LogP contribution in [-0.2, 0) is 0 Å². The van der Waals surface area contributed by atoms with E-state index < -0.39 is 6.10 Å². The fourth-order valence-electron chi connectivity index (χ4n) is 3.72. The molecule has 0 bridgehead atoms. The van der Waals surface area contributed by atoms with Gasteiger partial charge in [-0.15, -0.1) is 0 Å². The van der Waals surface area contributed by atoms with Crippen LogP contribution in [0.5, 0.6) is 0 Å². The Bertz CT molecular complexity index is 616. The van der Waals surface area contributed by atoms with Crippen LogP contribution >= 0.6 is 0 Å². The van der Waals surface area contributed by atoms with Crippen molar-refractivity contribution in [2.24, 2.45) is 11.7 Å². The number of benzene rings is 2. The Balaban J connectivity index is 1.94. The Morgan fingerprint density at radius 1 is 1.00 bits per heavy atom. The highest BCUT2D eigenvalue weighted by molar-refractivity contribution is 5.88. The summed E-state index contributed by atoms with van der Waals surface area (Å²) in [6.07, 6.45) is 5.53. The van der Waals surface area contributed by atoms with Crippen LogP contribution in [0, 0.1) is 12.8 Å². The minimum absolute atomic E-state index is 0.293. The Morgan fingerprint density at radius 2 is 1.67 bits per heavy atom. The molecule has 3 N–H and O–H groups in total. The largest absolute Gasteiger partial charge is 0.391 e. The number of rotatable bonds is 3. The van der Waals surface area contributed by atoms with Gasteiger partial charge in [0.2, 0.25) is 0 Å². The van der Waals surface area contributed by atoms with Crippen LogP contribution in [0.25, 0.3) is 10.8 Å². The topological polar surface area (TPSA) is 46.2 Å². The van der Waals surface area contributed by atoms with Crippen molar-refractivity contribution in [2.45, 2.75) is 51.2 Å². The van der Waals surface area contributed by atoms with Gasteiger partial charge in [0.25, 0.3) is 0 Å². The Kier molecular flexibility index (Phi) is 4.27. The molecule has 0 aromatic heterocycles. The van der Waals surface area contributed by atoms with Crippen molar-refractivity contribution in [3.05, 3.63) is 47.5 Å². The Morgan fingerprint density at radius 3 is 2.38 bits per heavy atom. The van der Waals surface area contributed by atoms with Crippen LogP contribution in [0.15, 0.2) is 36.4 Å². The molecule has 2 nitrogen and oxygen atoms in total. The molecule has 2 atom stereocenters. The zero-order valence-corrected chi connectivity index (χ0v) is 12.8. The molecule has 21 heavy (non-hydrogen) atoms. The predicted molar refractivity (Wildman–Crippen MR) is 88.2 cm³/mol. The molecule has 1 saturated carbocycles. The molecule has 0 aliphatic heterocycles. The Labute approximate surface area is 127 Å². The average molecular weight is 283 g/mol. The van der Waals surface area contributed by atoms with Crippen molar-refractivity contribution in [1.82, 2.24) is 0 Å². The SMILES string of the molecule is Cc1ccc([C@@H](N)[C@@H](O)C2CCCCC2)c2ccccc12. The highest BCUT2D eigenvalue weighted by Gasteiger charge is 2.28. The first-order valence-electron chi connectivity index (χ1n) is 8.10. The lowest BCUT2D eigenvalue weighted by Gasteiger charge is -2.31. The fourth-order valence-corrected chi connectivity index (χ4v) is 3.72. The van der Waals surface area contributed by atoms with Gasteiger partial charge >= 0.3 is 0 Å². The summed E-state index contributed by atoms with van der Waals surface area (Å²) in [5.74, 6) is 0.355. The second kappa shape index (κ2) is 6.17. The molecule has 2 aromatic carbocycles. The van der Waals surface area contributed by atoms with Crippen LogP contribution in [0.2, 0.25) is 0 Å². The van der Waals surface area contributed by atoms with E-state index in [9.17, 15) is 5.11 Å². The van der Waals surface area contributed by atoms with Crippen LogP contribution in [-0.4, -0.2) is 11.2 Å². The van der Waals surface area contributed by atoms with E-state index in [1.807, 2.05) is 6.07 Å². The molecule has 0 saturated heterocycles. The van der Waals surface area contributed by atoms with E-state index in [4.69, 9.17) is 5.73 Å². The van der Waals surface area contributed by atoms with Crippen molar-refractivity contribution in [3.8, 4) is 0 Å². The summed E-state index contributed by atoms with van der Waals surface area (Å²) in [7, 11) is 0. The average Bonchev–Trinajstić information content (AvgIpc) is 2.55.